The molecule has 0 aliphatic heterocycles. The molecule has 0 heterocycles. The van der Waals surface area contributed by atoms with E-state index in [2.05, 4.69) is 41.5 Å². The molecule has 0 radical (unpaired) electrons. The van der Waals surface area contributed by atoms with Crippen molar-refractivity contribution < 1.29 is 80.2 Å². The lowest BCUT2D eigenvalue weighted by Gasteiger charge is -2.21. The predicted molar refractivity (Wildman–Crippen MR) is 372 cm³/mol. The molecular weight excluding hydrogens is 1210 g/mol. The van der Waals surface area contributed by atoms with E-state index in [9.17, 15) is 43.2 Å². The van der Waals surface area contributed by atoms with Crippen LogP contribution in [0.15, 0.2) is 0 Å². The van der Waals surface area contributed by atoms with Gasteiger partial charge >= 0.3 is 39.5 Å². The summed E-state index contributed by atoms with van der Waals surface area (Å²) in [5.41, 5.74) is 0. The highest BCUT2D eigenvalue weighted by Crippen LogP contribution is 2.45. The number of hydrogen-bond acceptors (Lipinski definition) is 15. The fraction of sp³-hybridized carbons (Fsp3) is 0.945. The molecule has 0 aliphatic rings. The van der Waals surface area contributed by atoms with Crippen molar-refractivity contribution in [1.82, 2.24) is 0 Å². The lowest BCUT2D eigenvalue weighted by Crippen LogP contribution is -2.30. The van der Waals surface area contributed by atoms with E-state index in [1.165, 1.54) is 186 Å². The highest BCUT2D eigenvalue weighted by atomic mass is 31.2. The molecule has 92 heavy (non-hydrogen) atoms. The van der Waals surface area contributed by atoms with Crippen LogP contribution < -0.4 is 0 Å². The molecule has 0 bridgehead atoms. The first-order valence-electron chi connectivity index (χ1n) is 38.0. The van der Waals surface area contributed by atoms with Crippen molar-refractivity contribution in [1.29, 1.82) is 0 Å². The number of ether oxygens (including phenoxy) is 4. The van der Waals surface area contributed by atoms with E-state index in [0.717, 1.165) is 108 Å². The lowest BCUT2D eigenvalue weighted by atomic mass is 10.0. The van der Waals surface area contributed by atoms with Crippen LogP contribution in [0.25, 0.3) is 0 Å². The van der Waals surface area contributed by atoms with Gasteiger partial charge in [-0.05, 0) is 37.5 Å². The van der Waals surface area contributed by atoms with Crippen molar-refractivity contribution >= 4 is 39.5 Å². The van der Waals surface area contributed by atoms with Crippen LogP contribution in [0.4, 0.5) is 0 Å². The van der Waals surface area contributed by atoms with Crippen molar-refractivity contribution in [2.75, 3.05) is 39.6 Å². The molecule has 19 heteroatoms. The Morgan fingerprint density at radius 2 is 0.500 bits per heavy atom. The van der Waals surface area contributed by atoms with Gasteiger partial charge in [-0.25, -0.2) is 9.13 Å². The Kier molecular flexibility index (Phi) is 63.7. The number of aliphatic hydroxyl groups excluding tert-OH is 1. The minimum Gasteiger partial charge on any atom is -0.462 e. The average molecular weight is 1350 g/mol. The molecule has 546 valence electrons. The SMILES string of the molecule is CCCCCCCCCCCCCCCCCCCCCC(=O)O[C@H](COC(=O)CCCCCCCCCCCCCC(C)C)COP(=O)(O)OC[C@@H](O)COP(=O)(O)OC[C@@H](COC(=O)CCCCCCC)OC(=O)CCCCCCCCCCCCCC(C)C. The van der Waals surface area contributed by atoms with Crippen molar-refractivity contribution in [3.05, 3.63) is 0 Å². The Morgan fingerprint density at radius 1 is 0.293 bits per heavy atom. The number of phosphoric ester groups is 2. The second-order valence-electron chi connectivity index (χ2n) is 27.3. The van der Waals surface area contributed by atoms with Crippen LogP contribution in [-0.2, 0) is 65.4 Å². The maximum Gasteiger partial charge on any atom is 0.472 e. The molecule has 0 aromatic carbocycles. The van der Waals surface area contributed by atoms with Gasteiger partial charge in [-0.1, -0.05) is 324 Å². The first-order valence-corrected chi connectivity index (χ1v) is 41.0. The Hall–Kier alpha value is -1.94. The molecule has 0 aromatic rings. The number of hydrogen-bond donors (Lipinski definition) is 3. The standard InChI is InChI=1S/C73H142O17P2/c1-7-9-11-13-14-15-16-17-18-19-20-21-22-23-28-34-39-45-51-57-73(78)90-69(62-84-71(76)56-50-44-38-33-29-24-26-31-36-42-47-53-65(3)4)64-88-92(81,82)86-60-67(74)59-85-91(79,80)87-63-68(61-83-70(75)55-49-41-12-10-8-2)89-72(77)58-52-46-40-35-30-25-27-32-37-43-48-54-66(5)6/h65-69,74H,7-64H2,1-6H3,(H,79,80)(H,81,82)/t67-,68+,69+/m0/s1. The summed E-state index contributed by atoms with van der Waals surface area (Å²) in [6, 6.07) is 0. The Bertz CT molecular complexity index is 1790. The average Bonchev–Trinajstić information content (AvgIpc) is 1.59. The van der Waals surface area contributed by atoms with Crippen LogP contribution in [0.1, 0.15) is 375 Å². The van der Waals surface area contributed by atoms with Gasteiger partial charge in [0.1, 0.15) is 19.3 Å². The van der Waals surface area contributed by atoms with E-state index in [1.807, 2.05) is 0 Å². The summed E-state index contributed by atoms with van der Waals surface area (Å²) < 4.78 is 68.2. The minimum absolute atomic E-state index is 0.106. The largest absolute Gasteiger partial charge is 0.472 e. The van der Waals surface area contributed by atoms with Crippen LogP contribution in [0.5, 0.6) is 0 Å². The van der Waals surface area contributed by atoms with Crippen molar-refractivity contribution in [2.24, 2.45) is 11.8 Å². The van der Waals surface area contributed by atoms with Crippen molar-refractivity contribution in [3.8, 4) is 0 Å². The lowest BCUT2D eigenvalue weighted by molar-refractivity contribution is -0.161. The number of aliphatic hydroxyl groups is 1. The van der Waals surface area contributed by atoms with Crippen LogP contribution >= 0.6 is 15.6 Å². The molecular formula is C73H142O17P2. The fourth-order valence-electron chi connectivity index (χ4n) is 11.1. The smallest absolute Gasteiger partial charge is 0.462 e. The first-order chi connectivity index (χ1) is 44.4. The van der Waals surface area contributed by atoms with Gasteiger partial charge < -0.3 is 33.8 Å². The van der Waals surface area contributed by atoms with E-state index in [4.69, 9.17) is 37.0 Å². The van der Waals surface area contributed by atoms with Gasteiger partial charge in [0.2, 0.25) is 0 Å². The number of carbonyl (C=O) groups excluding carboxylic acids is 4. The quantitative estimate of drug-likeness (QED) is 0.0222. The third-order valence-electron chi connectivity index (χ3n) is 17.0. The zero-order chi connectivity index (χ0) is 67.9. The van der Waals surface area contributed by atoms with Crippen molar-refractivity contribution in [2.45, 2.75) is 394 Å². The second kappa shape index (κ2) is 65.0. The number of esters is 4. The van der Waals surface area contributed by atoms with E-state index in [-0.39, 0.29) is 25.7 Å². The van der Waals surface area contributed by atoms with Crippen LogP contribution in [-0.4, -0.2) is 96.7 Å². The van der Waals surface area contributed by atoms with Crippen LogP contribution in [0.2, 0.25) is 0 Å². The molecule has 0 amide bonds. The molecule has 2 unspecified atom stereocenters. The summed E-state index contributed by atoms with van der Waals surface area (Å²) in [5.74, 6) is -0.594. The molecule has 0 aromatic heterocycles. The number of unbranched alkanes of at least 4 members (excludes halogenated alkanes) is 42. The maximum absolute atomic E-state index is 13.0. The van der Waals surface area contributed by atoms with E-state index < -0.39 is 97.5 Å². The van der Waals surface area contributed by atoms with Gasteiger partial charge in [0.05, 0.1) is 26.4 Å². The van der Waals surface area contributed by atoms with E-state index in [0.29, 0.717) is 25.7 Å². The van der Waals surface area contributed by atoms with Gasteiger partial charge in [0.15, 0.2) is 12.2 Å². The zero-order valence-electron chi connectivity index (χ0n) is 59.9. The molecule has 0 saturated heterocycles. The molecule has 0 fully saturated rings. The second-order valence-corrected chi connectivity index (χ2v) is 30.2. The highest BCUT2D eigenvalue weighted by Gasteiger charge is 2.30. The Morgan fingerprint density at radius 3 is 0.739 bits per heavy atom. The summed E-state index contributed by atoms with van der Waals surface area (Å²) in [6.07, 6.45) is 51.8. The molecule has 0 saturated carbocycles. The van der Waals surface area contributed by atoms with Gasteiger partial charge in [0.25, 0.3) is 0 Å². The van der Waals surface area contributed by atoms with E-state index in [1.54, 1.807) is 0 Å². The molecule has 0 rings (SSSR count). The van der Waals surface area contributed by atoms with Gasteiger partial charge in [-0.3, -0.25) is 37.3 Å². The van der Waals surface area contributed by atoms with Crippen LogP contribution in [0, 0.1) is 11.8 Å². The Balaban J connectivity index is 5.14. The van der Waals surface area contributed by atoms with Crippen molar-refractivity contribution in [3.63, 3.8) is 0 Å². The summed E-state index contributed by atoms with van der Waals surface area (Å²) >= 11 is 0. The normalized spacial score (nSPS) is 14.1. The highest BCUT2D eigenvalue weighted by molar-refractivity contribution is 7.47. The third kappa shape index (κ3) is 66.7. The number of rotatable bonds is 72. The molecule has 0 aliphatic carbocycles. The van der Waals surface area contributed by atoms with Gasteiger partial charge in [0, 0.05) is 25.7 Å². The summed E-state index contributed by atoms with van der Waals surface area (Å²) in [4.78, 5) is 72.4. The zero-order valence-corrected chi connectivity index (χ0v) is 61.6. The predicted octanol–water partition coefficient (Wildman–Crippen LogP) is 21.2. The third-order valence-corrected chi connectivity index (χ3v) is 18.9. The maximum atomic E-state index is 13.0. The molecule has 17 nitrogen and oxygen atoms in total. The number of carbonyl (C=O) groups is 4. The van der Waals surface area contributed by atoms with Gasteiger partial charge in [-0.15, -0.1) is 0 Å². The minimum atomic E-state index is -4.95. The monoisotopic (exact) mass is 1350 g/mol. The summed E-state index contributed by atoms with van der Waals surface area (Å²) in [6.45, 7) is 9.49. The topological polar surface area (TPSA) is 237 Å². The molecule has 0 spiro atoms. The van der Waals surface area contributed by atoms with E-state index >= 15 is 0 Å². The van der Waals surface area contributed by atoms with Gasteiger partial charge in [-0.2, -0.15) is 0 Å². The first kappa shape index (κ1) is 90.1. The molecule has 5 atom stereocenters. The fourth-order valence-corrected chi connectivity index (χ4v) is 12.7. The summed E-state index contributed by atoms with van der Waals surface area (Å²) in [5, 5.41) is 10.6. The number of phosphoric acid groups is 2. The summed E-state index contributed by atoms with van der Waals surface area (Å²) in [7, 11) is -9.90. The van der Waals surface area contributed by atoms with Crippen LogP contribution in [0.3, 0.4) is 0 Å². The molecule has 3 N–H and O–H groups in total. The Labute approximate surface area is 562 Å².